The Labute approximate surface area is 128 Å². The highest BCUT2D eigenvalue weighted by molar-refractivity contribution is 6.08. The number of amides is 3. The van der Waals surface area contributed by atoms with Gasteiger partial charge < -0.3 is 0 Å². The lowest BCUT2D eigenvalue weighted by atomic mass is 9.63. The smallest absolute Gasteiger partial charge is 0.270 e. The van der Waals surface area contributed by atoms with Crippen molar-refractivity contribution < 1.29 is 14.4 Å². The summed E-state index contributed by atoms with van der Waals surface area (Å²) in [6.45, 7) is 0. The van der Waals surface area contributed by atoms with Gasteiger partial charge in [-0.05, 0) is 36.8 Å². The Morgan fingerprint density at radius 1 is 0.955 bits per heavy atom. The number of allylic oxidation sites excluding steroid dienone is 2. The number of imide groups is 1. The Balaban J connectivity index is 1.58. The maximum Gasteiger partial charge on any atom is 0.270 e. The minimum atomic E-state index is -0.429. The second kappa shape index (κ2) is 4.80. The summed E-state index contributed by atoms with van der Waals surface area (Å²) in [5.74, 6) is -1.30. The number of carbonyl (C=O) groups excluding carboxylic acids is 3. The molecule has 1 aromatic carbocycles. The van der Waals surface area contributed by atoms with Crippen molar-refractivity contribution in [2.24, 2.45) is 23.7 Å². The number of fused-ring (bicyclic) bond motifs is 1. The van der Waals surface area contributed by atoms with Gasteiger partial charge in [-0.15, -0.1) is 0 Å². The van der Waals surface area contributed by atoms with E-state index < -0.39 is 5.91 Å². The van der Waals surface area contributed by atoms with E-state index in [4.69, 9.17) is 0 Å². The number of hydrogen-bond donors (Lipinski definition) is 1. The second-order valence-corrected chi connectivity index (χ2v) is 6.16. The van der Waals surface area contributed by atoms with Crippen LogP contribution in [0.1, 0.15) is 23.2 Å². The van der Waals surface area contributed by atoms with Crippen LogP contribution >= 0.6 is 0 Å². The lowest BCUT2D eigenvalue weighted by Crippen LogP contribution is -2.46. The SMILES string of the molecule is O=C(NN1C(=O)C2C3C=CC(CC3)C2C1=O)c1ccccc1. The zero-order valence-corrected chi connectivity index (χ0v) is 11.9. The molecule has 3 aliphatic carbocycles. The highest BCUT2D eigenvalue weighted by Crippen LogP contribution is 2.49. The van der Waals surface area contributed by atoms with E-state index in [1.54, 1.807) is 30.3 Å². The summed E-state index contributed by atoms with van der Waals surface area (Å²) in [6, 6.07) is 8.59. The molecule has 1 saturated heterocycles. The monoisotopic (exact) mass is 296 g/mol. The van der Waals surface area contributed by atoms with Crippen LogP contribution in [0.25, 0.3) is 0 Å². The average molecular weight is 296 g/mol. The molecule has 4 aliphatic rings. The molecule has 4 atom stereocenters. The molecule has 4 unspecified atom stereocenters. The number of nitrogens with zero attached hydrogens (tertiary/aromatic N) is 1. The quantitative estimate of drug-likeness (QED) is 0.665. The number of benzene rings is 1. The van der Waals surface area contributed by atoms with Crippen LogP contribution in [0.15, 0.2) is 42.5 Å². The van der Waals surface area contributed by atoms with Crippen LogP contribution in [0.2, 0.25) is 0 Å². The average Bonchev–Trinajstić information content (AvgIpc) is 2.84. The molecule has 112 valence electrons. The van der Waals surface area contributed by atoms with Gasteiger partial charge in [-0.2, -0.15) is 5.01 Å². The van der Waals surface area contributed by atoms with Gasteiger partial charge in [-0.1, -0.05) is 30.4 Å². The Hall–Kier alpha value is -2.43. The van der Waals surface area contributed by atoms with Gasteiger partial charge in [0.25, 0.3) is 17.7 Å². The van der Waals surface area contributed by atoms with Gasteiger partial charge in [0.2, 0.25) is 0 Å². The molecule has 5 nitrogen and oxygen atoms in total. The standard InChI is InChI=1S/C17H16N2O3/c20-15(12-4-2-1-3-5-12)18-19-16(21)13-10-6-7-11(9-8-10)14(13)17(19)22/h1-7,10-11,13-14H,8-9H2,(H,18,20). The summed E-state index contributed by atoms with van der Waals surface area (Å²) in [7, 11) is 0. The number of carbonyl (C=O) groups is 3. The van der Waals surface area contributed by atoms with Gasteiger partial charge in [0.15, 0.2) is 0 Å². The van der Waals surface area contributed by atoms with Gasteiger partial charge in [-0.3, -0.25) is 19.8 Å². The molecule has 1 N–H and O–H groups in total. The van der Waals surface area contributed by atoms with Crippen LogP contribution in [0.5, 0.6) is 0 Å². The molecule has 1 aliphatic heterocycles. The fourth-order valence-corrected chi connectivity index (χ4v) is 3.94. The van der Waals surface area contributed by atoms with E-state index in [1.807, 2.05) is 0 Å². The highest BCUT2D eigenvalue weighted by atomic mass is 16.2. The number of hydrogen-bond acceptors (Lipinski definition) is 3. The predicted molar refractivity (Wildman–Crippen MR) is 78.1 cm³/mol. The summed E-state index contributed by atoms with van der Waals surface area (Å²) >= 11 is 0. The highest BCUT2D eigenvalue weighted by Gasteiger charge is 2.57. The molecule has 2 fully saturated rings. The molecule has 0 radical (unpaired) electrons. The molecular weight excluding hydrogens is 280 g/mol. The van der Waals surface area contributed by atoms with Gasteiger partial charge in [0.1, 0.15) is 0 Å². The van der Waals surface area contributed by atoms with E-state index >= 15 is 0 Å². The maximum absolute atomic E-state index is 12.6. The molecule has 1 saturated carbocycles. The fourth-order valence-electron chi connectivity index (χ4n) is 3.94. The van der Waals surface area contributed by atoms with Crippen LogP contribution in [-0.2, 0) is 9.59 Å². The molecule has 2 bridgehead atoms. The van der Waals surface area contributed by atoms with E-state index in [9.17, 15) is 14.4 Å². The molecule has 5 heteroatoms. The van der Waals surface area contributed by atoms with Gasteiger partial charge in [0.05, 0.1) is 11.8 Å². The fraction of sp³-hybridized carbons (Fsp3) is 0.353. The zero-order valence-electron chi connectivity index (χ0n) is 11.9. The Bertz CT molecular complexity index is 650. The van der Waals surface area contributed by atoms with Crippen LogP contribution in [-0.4, -0.2) is 22.7 Å². The maximum atomic E-state index is 12.6. The summed E-state index contributed by atoms with van der Waals surface area (Å²) < 4.78 is 0. The van der Waals surface area contributed by atoms with Crippen molar-refractivity contribution in [3.63, 3.8) is 0 Å². The normalized spacial score (nSPS) is 32.3. The number of nitrogens with one attached hydrogen (secondary N) is 1. The molecule has 1 aromatic rings. The topological polar surface area (TPSA) is 66.5 Å². The van der Waals surface area contributed by atoms with Crippen molar-refractivity contribution in [3.05, 3.63) is 48.0 Å². The van der Waals surface area contributed by atoms with Crippen molar-refractivity contribution in [2.45, 2.75) is 12.8 Å². The summed E-state index contributed by atoms with van der Waals surface area (Å²) in [5.41, 5.74) is 2.92. The van der Waals surface area contributed by atoms with Crippen LogP contribution in [0.3, 0.4) is 0 Å². The first kappa shape index (κ1) is 13.2. The minimum Gasteiger partial charge on any atom is -0.272 e. The van der Waals surface area contributed by atoms with E-state index in [0.29, 0.717) is 5.56 Å². The largest absolute Gasteiger partial charge is 0.272 e. The first-order valence-corrected chi connectivity index (χ1v) is 7.59. The first-order chi connectivity index (χ1) is 10.7. The van der Waals surface area contributed by atoms with Crippen molar-refractivity contribution >= 4 is 17.7 Å². The third-order valence-electron chi connectivity index (χ3n) is 5.01. The Kier molecular flexibility index (Phi) is 2.89. The molecule has 3 amide bonds. The third kappa shape index (κ3) is 1.81. The van der Waals surface area contributed by atoms with Crippen molar-refractivity contribution in [3.8, 4) is 0 Å². The summed E-state index contributed by atoms with van der Waals surface area (Å²) in [5, 5.41) is 0.947. The third-order valence-corrected chi connectivity index (χ3v) is 5.01. The number of hydrazine groups is 1. The second-order valence-electron chi connectivity index (χ2n) is 6.16. The molecular formula is C17H16N2O3. The molecule has 0 spiro atoms. The lowest BCUT2D eigenvalue weighted by Gasteiger charge is -2.37. The molecule has 22 heavy (non-hydrogen) atoms. The lowest BCUT2D eigenvalue weighted by molar-refractivity contribution is -0.143. The van der Waals surface area contributed by atoms with Crippen molar-refractivity contribution in [1.29, 1.82) is 0 Å². The Morgan fingerprint density at radius 3 is 2.00 bits per heavy atom. The minimum absolute atomic E-state index is 0.130. The van der Waals surface area contributed by atoms with E-state index in [0.717, 1.165) is 17.9 Å². The number of rotatable bonds is 2. The molecule has 5 rings (SSSR count). The van der Waals surface area contributed by atoms with Crippen LogP contribution < -0.4 is 5.43 Å². The zero-order chi connectivity index (χ0) is 15.3. The van der Waals surface area contributed by atoms with Gasteiger partial charge in [0, 0.05) is 5.56 Å². The summed E-state index contributed by atoms with van der Waals surface area (Å²) in [6.07, 6.45) is 6.01. The van der Waals surface area contributed by atoms with Crippen molar-refractivity contribution in [2.75, 3.05) is 0 Å². The first-order valence-electron chi connectivity index (χ1n) is 7.59. The van der Waals surface area contributed by atoms with E-state index in [-0.39, 0.29) is 35.5 Å². The van der Waals surface area contributed by atoms with Gasteiger partial charge >= 0.3 is 0 Å². The summed E-state index contributed by atoms with van der Waals surface area (Å²) in [4.78, 5) is 37.3. The van der Waals surface area contributed by atoms with Gasteiger partial charge in [-0.25, -0.2) is 0 Å². The predicted octanol–water partition coefficient (Wildman–Crippen LogP) is 1.53. The van der Waals surface area contributed by atoms with Crippen molar-refractivity contribution in [1.82, 2.24) is 10.4 Å². The Morgan fingerprint density at radius 2 is 1.50 bits per heavy atom. The van der Waals surface area contributed by atoms with E-state index in [1.165, 1.54) is 0 Å². The molecule has 1 heterocycles. The van der Waals surface area contributed by atoms with Crippen LogP contribution in [0.4, 0.5) is 0 Å². The molecule has 0 aromatic heterocycles. The van der Waals surface area contributed by atoms with E-state index in [2.05, 4.69) is 17.6 Å². The van der Waals surface area contributed by atoms with Crippen LogP contribution in [0, 0.1) is 23.7 Å².